The highest BCUT2D eigenvalue weighted by atomic mass is 16.6. The summed E-state index contributed by atoms with van der Waals surface area (Å²) in [6.07, 6.45) is 0.283. The maximum Gasteiger partial charge on any atom is 0.343 e. The van der Waals surface area contributed by atoms with E-state index in [9.17, 15) is 9.59 Å². The van der Waals surface area contributed by atoms with Crippen molar-refractivity contribution in [3.8, 4) is 17.2 Å². The Morgan fingerprint density at radius 2 is 1.61 bits per heavy atom. The van der Waals surface area contributed by atoms with E-state index in [4.69, 9.17) is 14.2 Å². The van der Waals surface area contributed by atoms with E-state index in [1.807, 2.05) is 0 Å². The van der Waals surface area contributed by atoms with Crippen molar-refractivity contribution < 1.29 is 23.8 Å². The summed E-state index contributed by atoms with van der Waals surface area (Å²) in [6.45, 7) is 1.74. The number of carbonyl (C=O) groups excluding carboxylic acids is 2. The molecule has 120 valence electrons. The van der Waals surface area contributed by atoms with E-state index in [0.29, 0.717) is 11.3 Å². The number of methoxy groups -OCH3 is 2. The number of benzene rings is 2. The molecule has 0 saturated carbocycles. The molecule has 0 aliphatic rings. The average molecular weight is 314 g/mol. The van der Waals surface area contributed by atoms with Crippen molar-refractivity contribution in [3.05, 3.63) is 53.6 Å². The van der Waals surface area contributed by atoms with Gasteiger partial charge in [0, 0.05) is 6.42 Å². The monoisotopic (exact) mass is 314 g/mol. The predicted molar refractivity (Wildman–Crippen MR) is 85.6 cm³/mol. The van der Waals surface area contributed by atoms with Crippen LogP contribution in [0.4, 0.5) is 0 Å². The van der Waals surface area contributed by atoms with Gasteiger partial charge in [-0.3, -0.25) is 4.79 Å². The fourth-order valence-corrected chi connectivity index (χ4v) is 2.14. The van der Waals surface area contributed by atoms with Gasteiger partial charge in [0.1, 0.15) is 0 Å². The molecule has 5 nitrogen and oxygen atoms in total. The molecule has 23 heavy (non-hydrogen) atoms. The normalized spacial score (nSPS) is 10.0. The fraction of sp³-hybridized carbons (Fsp3) is 0.222. The second-order valence-corrected chi connectivity index (χ2v) is 4.71. The standard InChI is InChI=1S/C18H18O5/c1-4-14(19)13-10-11-15(21-2)17(22-3)16(13)23-18(20)12-8-6-5-7-9-12/h5-11H,4H2,1-3H3. The van der Waals surface area contributed by atoms with Crippen LogP contribution < -0.4 is 14.2 Å². The van der Waals surface area contributed by atoms with E-state index in [2.05, 4.69) is 0 Å². The Labute approximate surface area is 134 Å². The van der Waals surface area contributed by atoms with Crippen LogP contribution in [0, 0.1) is 0 Å². The summed E-state index contributed by atoms with van der Waals surface area (Å²) in [4.78, 5) is 24.4. The molecule has 0 saturated heterocycles. The summed E-state index contributed by atoms with van der Waals surface area (Å²) >= 11 is 0. The van der Waals surface area contributed by atoms with Gasteiger partial charge in [-0.1, -0.05) is 25.1 Å². The minimum Gasteiger partial charge on any atom is -0.493 e. The predicted octanol–water partition coefficient (Wildman–Crippen LogP) is 3.52. The van der Waals surface area contributed by atoms with Crippen LogP contribution in [0.2, 0.25) is 0 Å². The molecule has 2 aromatic rings. The molecule has 0 amide bonds. The third-order valence-corrected chi connectivity index (χ3v) is 3.33. The zero-order valence-corrected chi connectivity index (χ0v) is 13.3. The first kappa shape index (κ1) is 16.5. The maximum atomic E-state index is 12.3. The molecule has 0 aliphatic heterocycles. The highest BCUT2D eigenvalue weighted by Gasteiger charge is 2.23. The molecule has 0 fully saturated rings. The second kappa shape index (κ2) is 7.45. The number of ether oxygens (including phenoxy) is 3. The molecule has 0 atom stereocenters. The van der Waals surface area contributed by atoms with Gasteiger partial charge in [0.25, 0.3) is 0 Å². The number of hydrogen-bond donors (Lipinski definition) is 0. The lowest BCUT2D eigenvalue weighted by atomic mass is 10.1. The molecule has 2 aromatic carbocycles. The Balaban J connectivity index is 2.49. The number of ketones is 1. The minimum absolute atomic E-state index is 0.0764. The summed E-state index contributed by atoms with van der Waals surface area (Å²) in [7, 11) is 2.90. The Morgan fingerprint density at radius 1 is 0.913 bits per heavy atom. The molecule has 0 N–H and O–H groups in total. The van der Waals surface area contributed by atoms with E-state index in [0.717, 1.165) is 0 Å². The first-order valence-electron chi connectivity index (χ1n) is 7.17. The maximum absolute atomic E-state index is 12.3. The zero-order chi connectivity index (χ0) is 16.8. The van der Waals surface area contributed by atoms with Gasteiger partial charge in [0.15, 0.2) is 17.3 Å². The summed E-state index contributed by atoms with van der Waals surface area (Å²) in [5, 5.41) is 0. The summed E-state index contributed by atoms with van der Waals surface area (Å²) < 4.78 is 15.9. The van der Waals surface area contributed by atoms with Crippen LogP contribution in [0.3, 0.4) is 0 Å². The van der Waals surface area contributed by atoms with Gasteiger partial charge in [-0.2, -0.15) is 0 Å². The third-order valence-electron chi connectivity index (χ3n) is 3.33. The lowest BCUT2D eigenvalue weighted by Gasteiger charge is -2.15. The van der Waals surface area contributed by atoms with Gasteiger partial charge >= 0.3 is 5.97 Å². The lowest BCUT2D eigenvalue weighted by molar-refractivity contribution is 0.0726. The Hall–Kier alpha value is -2.82. The van der Waals surface area contributed by atoms with Crippen LogP contribution in [0.1, 0.15) is 34.1 Å². The largest absolute Gasteiger partial charge is 0.493 e. The minimum atomic E-state index is -0.567. The smallest absolute Gasteiger partial charge is 0.343 e. The molecule has 0 radical (unpaired) electrons. The van der Waals surface area contributed by atoms with E-state index >= 15 is 0 Å². The molecule has 0 spiro atoms. The molecule has 0 bridgehead atoms. The van der Waals surface area contributed by atoms with Crippen molar-refractivity contribution in [2.45, 2.75) is 13.3 Å². The number of Topliss-reactive ketones (excluding diaryl/α,β-unsaturated/α-hetero) is 1. The van der Waals surface area contributed by atoms with Gasteiger partial charge in [-0.05, 0) is 24.3 Å². The molecule has 0 aliphatic carbocycles. The Morgan fingerprint density at radius 3 is 2.17 bits per heavy atom. The van der Waals surface area contributed by atoms with Crippen molar-refractivity contribution in [1.82, 2.24) is 0 Å². The van der Waals surface area contributed by atoms with Crippen LogP contribution in [0.25, 0.3) is 0 Å². The van der Waals surface area contributed by atoms with Gasteiger partial charge < -0.3 is 14.2 Å². The van der Waals surface area contributed by atoms with Crippen LogP contribution in [0.15, 0.2) is 42.5 Å². The SMILES string of the molecule is CCC(=O)c1ccc(OC)c(OC)c1OC(=O)c1ccccc1. The topological polar surface area (TPSA) is 61.8 Å². The molecule has 5 heteroatoms. The summed E-state index contributed by atoms with van der Waals surface area (Å²) in [5.74, 6) is -0.0382. The highest BCUT2D eigenvalue weighted by Crippen LogP contribution is 2.40. The first-order valence-corrected chi connectivity index (χ1v) is 7.17. The van der Waals surface area contributed by atoms with Crippen LogP contribution in [-0.4, -0.2) is 26.0 Å². The van der Waals surface area contributed by atoms with E-state index in [1.54, 1.807) is 49.4 Å². The van der Waals surface area contributed by atoms with Crippen molar-refractivity contribution >= 4 is 11.8 Å². The van der Waals surface area contributed by atoms with E-state index in [1.165, 1.54) is 14.2 Å². The van der Waals surface area contributed by atoms with Crippen molar-refractivity contribution in [2.75, 3.05) is 14.2 Å². The Kier molecular flexibility index (Phi) is 5.36. The molecular weight excluding hydrogens is 296 g/mol. The molecular formula is C18H18O5. The van der Waals surface area contributed by atoms with Crippen molar-refractivity contribution in [2.24, 2.45) is 0 Å². The second-order valence-electron chi connectivity index (χ2n) is 4.71. The number of hydrogen-bond acceptors (Lipinski definition) is 5. The van der Waals surface area contributed by atoms with E-state index in [-0.39, 0.29) is 29.3 Å². The quantitative estimate of drug-likeness (QED) is 0.464. The molecule has 0 heterocycles. The Bertz CT molecular complexity index is 707. The van der Waals surface area contributed by atoms with Gasteiger partial charge in [-0.15, -0.1) is 0 Å². The fourth-order valence-electron chi connectivity index (χ4n) is 2.14. The highest BCUT2D eigenvalue weighted by molar-refractivity contribution is 6.01. The van der Waals surface area contributed by atoms with Crippen LogP contribution in [-0.2, 0) is 0 Å². The van der Waals surface area contributed by atoms with Crippen LogP contribution in [0.5, 0.6) is 17.2 Å². The van der Waals surface area contributed by atoms with Gasteiger partial charge in [0.2, 0.25) is 5.75 Å². The number of carbonyl (C=O) groups is 2. The summed E-state index contributed by atoms with van der Waals surface area (Å²) in [6, 6.07) is 11.7. The first-order chi connectivity index (χ1) is 11.1. The molecule has 2 rings (SSSR count). The van der Waals surface area contributed by atoms with Gasteiger partial charge in [0.05, 0.1) is 25.3 Å². The number of esters is 1. The average Bonchev–Trinajstić information content (AvgIpc) is 2.61. The summed E-state index contributed by atoms with van der Waals surface area (Å²) in [5.41, 5.74) is 0.668. The lowest BCUT2D eigenvalue weighted by Crippen LogP contribution is -2.13. The molecule has 0 aromatic heterocycles. The van der Waals surface area contributed by atoms with Crippen LogP contribution >= 0.6 is 0 Å². The third kappa shape index (κ3) is 3.51. The van der Waals surface area contributed by atoms with Crippen molar-refractivity contribution in [3.63, 3.8) is 0 Å². The zero-order valence-electron chi connectivity index (χ0n) is 13.3. The van der Waals surface area contributed by atoms with Gasteiger partial charge in [-0.25, -0.2) is 4.79 Å². The van der Waals surface area contributed by atoms with E-state index < -0.39 is 5.97 Å². The number of rotatable bonds is 6. The molecule has 0 unspecified atom stereocenters. The van der Waals surface area contributed by atoms with Crippen molar-refractivity contribution in [1.29, 1.82) is 0 Å².